The first-order valence-electron chi connectivity index (χ1n) is 8.34. The van der Waals surface area contributed by atoms with Gasteiger partial charge in [0.15, 0.2) is 0 Å². The molecule has 0 radical (unpaired) electrons. The highest BCUT2D eigenvalue weighted by molar-refractivity contribution is 6.03. The molecule has 5 heteroatoms. The smallest absolute Gasteiger partial charge is 0.336 e. The predicted octanol–water partition coefficient (Wildman–Crippen LogP) is 4.36. The predicted molar refractivity (Wildman–Crippen MR) is 93.9 cm³/mol. The Bertz CT molecular complexity index is 571. The number of carboxylic acids is 2. The second-order valence-corrected chi connectivity index (χ2v) is 5.85. The van der Waals surface area contributed by atoms with Crippen LogP contribution in [-0.4, -0.2) is 27.9 Å². The third-order valence-electron chi connectivity index (χ3n) is 3.43. The molecule has 0 saturated heterocycles. The van der Waals surface area contributed by atoms with Crippen LogP contribution < -0.4 is 0 Å². The molecule has 0 aliphatic heterocycles. The average molecular weight is 336 g/mol. The number of ketones is 1. The summed E-state index contributed by atoms with van der Waals surface area (Å²) in [6.45, 7) is 7.17. The van der Waals surface area contributed by atoms with Crippen molar-refractivity contribution in [2.75, 3.05) is 0 Å². The number of carbonyl (C=O) groups is 3. The maximum absolute atomic E-state index is 11.5. The summed E-state index contributed by atoms with van der Waals surface area (Å²) in [5, 5.41) is 18.5. The molecule has 0 amide bonds. The van der Waals surface area contributed by atoms with E-state index >= 15 is 0 Å². The summed E-state index contributed by atoms with van der Waals surface area (Å²) in [5.74, 6) is -2.16. The maximum Gasteiger partial charge on any atom is 0.336 e. The van der Waals surface area contributed by atoms with Gasteiger partial charge in [-0.1, -0.05) is 32.8 Å². The number of rotatable bonds is 8. The Kier molecular flexibility index (Phi) is 10.3. The van der Waals surface area contributed by atoms with Crippen LogP contribution in [-0.2, 0) is 17.6 Å². The van der Waals surface area contributed by atoms with E-state index in [0.29, 0.717) is 12.0 Å². The molecule has 2 N–H and O–H groups in total. The average Bonchev–Trinajstić information content (AvgIpc) is 2.49. The topological polar surface area (TPSA) is 91.7 Å². The highest BCUT2D eigenvalue weighted by Crippen LogP contribution is 2.24. The molecule has 0 saturated carbocycles. The van der Waals surface area contributed by atoms with E-state index in [1.54, 1.807) is 6.07 Å². The number of carboxylic acid groups (broad SMARTS) is 2. The molecule has 0 heterocycles. The molecule has 0 aliphatic carbocycles. The van der Waals surface area contributed by atoms with Gasteiger partial charge in [-0.25, -0.2) is 9.59 Å². The number of aryl methyl sites for hydroxylation is 1. The minimum Gasteiger partial charge on any atom is -0.478 e. The van der Waals surface area contributed by atoms with Gasteiger partial charge in [0.2, 0.25) is 0 Å². The Hall–Kier alpha value is -2.17. The molecule has 24 heavy (non-hydrogen) atoms. The van der Waals surface area contributed by atoms with Gasteiger partial charge in [-0.3, -0.25) is 0 Å². The van der Waals surface area contributed by atoms with Crippen molar-refractivity contribution >= 4 is 17.7 Å². The Morgan fingerprint density at radius 1 is 0.875 bits per heavy atom. The summed E-state index contributed by atoms with van der Waals surface area (Å²) in [7, 11) is 0. The highest BCUT2D eigenvalue weighted by Gasteiger charge is 2.22. The summed E-state index contributed by atoms with van der Waals surface area (Å²) in [6, 6.07) is 3.20. The Morgan fingerprint density at radius 2 is 1.38 bits per heavy atom. The van der Waals surface area contributed by atoms with Crippen LogP contribution in [0.1, 0.15) is 85.2 Å². The molecule has 0 spiro atoms. The van der Waals surface area contributed by atoms with E-state index < -0.39 is 11.9 Å². The molecule has 0 atom stereocenters. The minimum absolute atomic E-state index is 0.0282. The van der Waals surface area contributed by atoms with Gasteiger partial charge in [0, 0.05) is 0 Å². The van der Waals surface area contributed by atoms with Crippen LogP contribution in [0.2, 0.25) is 0 Å². The number of benzene rings is 1. The van der Waals surface area contributed by atoms with Crippen molar-refractivity contribution in [1.82, 2.24) is 0 Å². The molecular formula is C19H28O5. The van der Waals surface area contributed by atoms with E-state index in [0.717, 1.165) is 37.7 Å². The monoisotopic (exact) mass is 336 g/mol. The molecule has 134 valence electrons. The number of unbranched alkanes of at least 4 members (excludes halogenated alkanes) is 2. The Morgan fingerprint density at radius 3 is 1.79 bits per heavy atom. The van der Waals surface area contributed by atoms with Crippen LogP contribution in [0.5, 0.6) is 0 Å². The van der Waals surface area contributed by atoms with E-state index in [4.69, 9.17) is 5.11 Å². The molecular weight excluding hydrogens is 308 g/mol. The second kappa shape index (κ2) is 11.4. The summed E-state index contributed by atoms with van der Waals surface area (Å²) in [5.41, 5.74) is 1.54. The van der Waals surface area contributed by atoms with Crippen LogP contribution in [0.4, 0.5) is 0 Å². The molecule has 0 aliphatic rings. The molecule has 0 aromatic heterocycles. The van der Waals surface area contributed by atoms with Crippen molar-refractivity contribution in [3.05, 3.63) is 34.4 Å². The number of Topliss-reactive ketones (excluding diaryl/α,β-unsaturated/α-hetero) is 1. The van der Waals surface area contributed by atoms with Crippen LogP contribution in [0.25, 0.3) is 0 Å². The number of hydrogen-bond donors (Lipinski definition) is 2. The van der Waals surface area contributed by atoms with Crippen molar-refractivity contribution in [3.63, 3.8) is 0 Å². The first-order valence-corrected chi connectivity index (χ1v) is 8.34. The van der Waals surface area contributed by atoms with Gasteiger partial charge in [0.25, 0.3) is 0 Å². The zero-order chi connectivity index (χ0) is 18.7. The molecule has 0 unspecified atom stereocenters. The lowest BCUT2D eigenvalue weighted by atomic mass is 9.90. The summed E-state index contributed by atoms with van der Waals surface area (Å²) in [4.78, 5) is 32.1. The fourth-order valence-electron chi connectivity index (χ4n) is 2.35. The summed E-state index contributed by atoms with van der Waals surface area (Å²) >= 11 is 0. The number of hydrogen-bond acceptors (Lipinski definition) is 3. The van der Waals surface area contributed by atoms with Gasteiger partial charge < -0.3 is 15.0 Å². The van der Waals surface area contributed by atoms with Crippen molar-refractivity contribution < 1.29 is 24.6 Å². The summed E-state index contributed by atoms with van der Waals surface area (Å²) in [6.07, 6.45) is 5.24. The molecule has 0 bridgehead atoms. The van der Waals surface area contributed by atoms with Crippen LogP contribution in [0.3, 0.4) is 0 Å². The number of carbonyl (C=O) groups excluding carboxylic acids is 1. The summed E-state index contributed by atoms with van der Waals surface area (Å²) < 4.78 is 0. The molecule has 5 nitrogen and oxygen atoms in total. The first-order chi connectivity index (χ1) is 11.3. The van der Waals surface area contributed by atoms with E-state index in [2.05, 4.69) is 6.92 Å². The SMILES string of the molecule is CC(C)=O.CCCCc1ccc(C(=O)O)c(C(=O)O)c1CCCC. The fraction of sp³-hybridized carbons (Fsp3) is 0.526. The fourth-order valence-corrected chi connectivity index (χ4v) is 2.35. The van der Waals surface area contributed by atoms with E-state index in [1.165, 1.54) is 19.9 Å². The lowest BCUT2D eigenvalue weighted by molar-refractivity contribution is -0.115. The maximum atomic E-state index is 11.5. The van der Waals surface area contributed by atoms with Gasteiger partial charge in [-0.05, 0) is 56.7 Å². The lowest BCUT2D eigenvalue weighted by Crippen LogP contribution is -2.14. The molecule has 0 fully saturated rings. The van der Waals surface area contributed by atoms with Gasteiger partial charge in [-0.15, -0.1) is 0 Å². The van der Waals surface area contributed by atoms with E-state index in [1.807, 2.05) is 6.92 Å². The quantitative estimate of drug-likeness (QED) is 0.735. The van der Waals surface area contributed by atoms with Crippen molar-refractivity contribution in [1.29, 1.82) is 0 Å². The third kappa shape index (κ3) is 7.40. The zero-order valence-electron chi connectivity index (χ0n) is 15.0. The molecule has 1 aromatic carbocycles. The molecule has 1 rings (SSSR count). The van der Waals surface area contributed by atoms with Crippen molar-refractivity contribution in [3.8, 4) is 0 Å². The zero-order valence-corrected chi connectivity index (χ0v) is 15.0. The molecule has 1 aromatic rings. The van der Waals surface area contributed by atoms with Crippen LogP contribution >= 0.6 is 0 Å². The number of aromatic carboxylic acids is 2. The van der Waals surface area contributed by atoms with Crippen LogP contribution in [0, 0.1) is 0 Å². The Labute approximate surface area is 143 Å². The minimum atomic E-state index is -1.18. The van der Waals surface area contributed by atoms with Gasteiger partial charge in [-0.2, -0.15) is 0 Å². The lowest BCUT2D eigenvalue weighted by Gasteiger charge is -2.14. The van der Waals surface area contributed by atoms with Gasteiger partial charge >= 0.3 is 11.9 Å². The largest absolute Gasteiger partial charge is 0.478 e. The van der Waals surface area contributed by atoms with Crippen LogP contribution in [0.15, 0.2) is 12.1 Å². The Balaban J connectivity index is 0.00000118. The van der Waals surface area contributed by atoms with Gasteiger partial charge in [0.05, 0.1) is 11.1 Å². The van der Waals surface area contributed by atoms with Crippen molar-refractivity contribution in [2.45, 2.75) is 66.2 Å². The standard InChI is InChI=1S/C16H22O4.C3H6O/c1-3-5-7-11-9-10-13(15(17)18)14(16(19)20)12(11)8-6-4-2;1-3(2)4/h9-10H,3-8H2,1-2H3,(H,17,18)(H,19,20);1-2H3. The third-order valence-corrected chi connectivity index (χ3v) is 3.43. The second-order valence-electron chi connectivity index (χ2n) is 5.85. The van der Waals surface area contributed by atoms with Gasteiger partial charge in [0.1, 0.15) is 5.78 Å². The van der Waals surface area contributed by atoms with Crippen molar-refractivity contribution in [2.24, 2.45) is 0 Å². The first kappa shape index (κ1) is 21.8. The highest BCUT2D eigenvalue weighted by atomic mass is 16.4. The van der Waals surface area contributed by atoms with E-state index in [9.17, 15) is 19.5 Å². The normalized spacial score (nSPS) is 9.83. The van der Waals surface area contributed by atoms with E-state index in [-0.39, 0.29) is 16.9 Å².